The molecular formula is C27H32FN3O. The van der Waals surface area contributed by atoms with Crippen LogP contribution in [0.3, 0.4) is 0 Å². The Morgan fingerprint density at radius 1 is 1.09 bits per heavy atom. The van der Waals surface area contributed by atoms with E-state index in [-0.39, 0.29) is 17.1 Å². The normalized spacial score (nSPS) is 16.7. The van der Waals surface area contributed by atoms with Gasteiger partial charge in [0.15, 0.2) is 0 Å². The van der Waals surface area contributed by atoms with Crippen LogP contribution >= 0.6 is 0 Å². The maximum absolute atomic E-state index is 13.6. The fraction of sp³-hybridized carbons (Fsp3) is 0.444. The molecule has 0 unspecified atom stereocenters. The predicted molar refractivity (Wildman–Crippen MR) is 129 cm³/mol. The number of carbonyl (C=O) groups excluding carboxylic acids is 1. The Bertz CT molecular complexity index is 1170. The van der Waals surface area contributed by atoms with E-state index < -0.39 is 0 Å². The minimum Gasteiger partial charge on any atom is -0.367 e. The zero-order valence-electron chi connectivity index (χ0n) is 19.2. The lowest BCUT2D eigenvalue weighted by Gasteiger charge is -2.32. The second kappa shape index (κ2) is 7.95. The van der Waals surface area contributed by atoms with Gasteiger partial charge < -0.3 is 14.8 Å². The molecule has 0 radical (unpaired) electrons. The Hall–Kier alpha value is -2.82. The van der Waals surface area contributed by atoms with E-state index in [0.29, 0.717) is 12.5 Å². The van der Waals surface area contributed by atoms with Crippen molar-refractivity contribution in [3.05, 3.63) is 59.4 Å². The molecule has 5 rings (SSSR count). The van der Waals surface area contributed by atoms with Crippen LogP contribution in [-0.4, -0.2) is 17.0 Å². The van der Waals surface area contributed by atoms with Crippen molar-refractivity contribution in [2.24, 2.45) is 5.41 Å². The topological polar surface area (TPSA) is 37.3 Å². The maximum Gasteiger partial charge on any atom is 0.226 e. The molecule has 1 N–H and O–H groups in total. The van der Waals surface area contributed by atoms with Gasteiger partial charge in [0.25, 0.3) is 0 Å². The van der Waals surface area contributed by atoms with E-state index in [1.807, 2.05) is 6.07 Å². The summed E-state index contributed by atoms with van der Waals surface area (Å²) in [7, 11) is 0. The van der Waals surface area contributed by atoms with Crippen LogP contribution < -0.4 is 10.2 Å². The van der Waals surface area contributed by atoms with Crippen LogP contribution in [0.2, 0.25) is 0 Å². The molecule has 0 spiro atoms. The number of aromatic nitrogens is 1. The van der Waals surface area contributed by atoms with Crippen molar-refractivity contribution >= 4 is 28.3 Å². The molecule has 2 aromatic carbocycles. The molecule has 0 atom stereocenters. The van der Waals surface area contributed by atoms with Crippen molar-refractivity contribution in [2.75, 3.05) is 16.8 Å². The number of anilines is 2. The number of halogens is 1. The fourth-order valence-electron chi connectivity index (χ4n) is 4.95. The molecule has 0 saturated heterocycles. The molecule has 3 aromatic rings. The van der Waals surface area contributed by atoms with Gasteiger partial charge in [-0.15, -0.1) is 0 Å². The maximum atomic E-state index is 13.6. The number of hydrogen-bond donors (Lipinski definition) is 1. The number of nitrogens with zero attached hydrogens (tertiary/aromatic N) is 2. The molecule has 168 valence electrons. The van der Waals surface area contributed by atoms with Gasteiger partial charge in [-0.2, -0.15) is 0 Å². The van der Waals surface area contributed by atoms with Crippen LogP contribution in [0.4, 0.5) is 15.9 Å². The van der Waals surface area contributed by atoms with Crippen LogP contribution in [0.5, 0.6) is 0 Å². The first-order valence-electron chi connectivity index (χ1n) is 11.7. The zero-order chi connectivity index (χ0) is 22.5. The van der Waals surface area contributed by atoms with Gasteiger partial charge in [-0.05, 0) is 72.6 Å². The number of benzene rings is 2. The lowest BCUT2D eigenvalue weighted by molar-refractivity contribution is -0.117. The number of hydrogen-bond acceptors (Lipinski definition) is 2. The second-order valence-corrected chi connectivity index (χ2v) is 10.6. The van der Waals surface area contributed by atoms with E-state index in [2.05, 4.69) is 59.8 Å². The minimum atomic E-state index is -0.155. The SMILES string of the molecule is CC(C)(C)CC(=O)Nc1cc2ccc(N3CCc4cc(F)ccc4C3)cc2n1C1CCC1. The number of amides is 1. The van der Waals surface area contributed by atoms with E-state index in [0.717, 1.165) is 49.1 Å². The van der Waals surface area contributed by atoms with Crippen molar-refractivity contribution in [3.63, 3.8) is 0 Å². The highest BCUT2D eigenvalue weighted by molar-refractivity contribution is 5.95. The Morgan fingerprint density at radius 3 is 2.62 bits per heavy atom. The zero-order valence-corrected chi connectivity index (χ0v) is 19.2. The Kier molecular flexibility index (Phi) is 5.23. The molecule has 2 aliphatic rings. The van der Waals surface area contributed by atoms with Crippen molar-refractivity contribution in [3.8, 4) is 0 Å². The summed E-state index contributed by atoms with van der Waals surface area (Å²) in [5.74, 6) is 0.828. The summed E-state index contributed by atoms with van der Waals surface area (Å²) in [5, 5.41) is 4.36. The van der Waals surface area contributed by atoms with E-state index in [9.17, 15) is 9.18 Å². The average molecular weight is 434 g/mol. The van der Waals surface area contributed by atoms with Gasteiger partial charge in [0, 0.05) is 36.6 Å². The minimum absolute atomic E-state index is 0.0436. The van der Waals surface area contributed by atoms with Gasteiger partial charge >= 0.3 is 0 Å². The number of carbonyl (C=O) groups is 1. The smallest absolute Gasteiger partial charge is 0.226 e. The van der Waals surface area contributed by atoms with Gasteiger partial charge in [0.05, 0.1) is 5.52 Å². The summed E-state index contributed by atoms with van der Waals surface area (Å²) in [4.78, 5) is 15.1. The van der Waals surface area contributed by atoms with Crippen LogP contribution in [0, 0.1) is 11.2 Å². The molecule has 1 aliphatic heterocycles. The van der Waals surface area contributed by atoms with Crippen LogP contribution in [0.1, 0.15) is 63.6 Å². The highest BCUT2D eigenvalue weighted by atomic mass is 19.1. The standard InChI is InChI=1S/C27H32FN3O/c1-27(2,3)16-26(32)29-25-14-19-8-10-23(15-24(19)31(25)22-5-4-6-22)30-12-11-18-13-21(28)9-7-20(18)17-30/h7-10,13-15,22H,4-6,11-12,16-17H2,1-3H3,(H,29,32). The Balaban J connectivity index is 1.47. The molecule has 5 heteroatoms. The summed E-state index contributed by atoms with van der Waals surface area (Å²) in [5.41, 5.74) is 4.63. The van der Waals surface area contributed by atoms with Gasteiger partial charge in [0.2, 0.25) is 5.91 Å². The lowest BCUT2D eigenvalue weighted by atomic mass is 9.92. The van der Waals surface area contributed by atoms with E-state index in [1.54, 1.807) is 12.1 Å². The molecule has 1 saturated carbocycles. The molecule has 1 fully saturated rings. The first-order chi connectivity index (χ1) is 15.3. The summed E-state index contributed by atoms with van der Waals surface area (Å²) in [6.07, 6.45) is 4.89. The largest absolute Gasteiger partial charge is 0.367 e. The molecule has 1 aliphatic carbocycles. The predicted octanol–water partition coefficient (Wildman–Crippen LogP) is 6.44. The summed E-state index contributed by atoms with van der Waals surface area (Å²) in [6, 6.07) is 14.3. The Labute approximate surface area is 189 Å². The molecule has 0 bridgehead atoms. The number of fused-ring (bicyclic) bond motifs is 2. The third kappa shape index (κ3) is 4.13. The van der Waals surface area contributed by atoms with Crippen molar-refractivity contribution in [2.45, 2.75) is 65.5 Å². The Morgan fingerprint density at radius 2 is 1.91 bits per heavy atom. The van der Waals surface area contributed by atoms with Gasteiger partial charge in [-0.3, -0.25) is 4.79 Å². The summed E-state index contributed by atoms with van der Waals surface area (Å²) < 4.78 is 15.9. The van der Waals surface area contributed by atoms with Gasteiger partial charge in [0.1, 0.15) is 11.6 Å². The van der Waals surface area contributed by atoms with Crippen molar-refractivity contribution < 1.29 is 9.18 Å². The third-order valence-electron chi connectivity index (χ3n) is 6.77. The summed E-state index contributed by atoms with van der Waals surface area (Å²) >= 11 is 0. The number of rotatable bonds is 4. The summed E-state index contributed by atoms with van der Waals surface area (Å²) in [6.45, 7) is 7.93. The van der Waals surface area contributed by atoms with Crippen LogP contribution in [-0.2, 0) is 17.8 Å². The van der Waals surface area contributed by atoms with Gasteiger partial charge in [-0.25, -0.2) is 4.39 Å². The van der Waals surface area contributed by atoms with E-state index in [4.69, 9.17) is 0 Å². The molecule has 4 nitrogen and oxygen atoms in total. The molecule has 2 heterocycles. The third-order valence-corrected chi connectivity index (χ3v) is 6.77. The lowest BCUT2D eigenvalue weighted by Crippen LogP contribution is -2.30. The number of nitrogens with one attached hydrogen (secondary N) is 1. The quantitative estimate of drug-likeness (QED) is 0.514. The molecule has 1 amide bonds. The first-order valence-corrected chi connectivity index (χ1v) is 11.7. The molecule has 32 heavy (non-hydrogen) atoms. The van der Waals surface area contributed by atoms with Crippen molar-refractivity contribution in [1.29, 1.82) is 0 Å². The van der Waals surface area contributed by atoms with Crippen LogP contribution in [0.15, 0.2) is 42.5 Å². The van der Waals surface area contributed by atoms with Crippen molar-refractivity contribution in [1.82, 2.24) is 4.57 Å². The highest BCUT2D eigenvalue weighted by Crippen LogP contribution is 2.40. The van der Waals surface area contributed by atoms with Gasteiger partial charge in [-0.1, -0.05) is 32.9 Å². The monoisotopic (exact) mass is 433 g/mol. The highest BCUT2D eigenvalue weighted by Gasteiger charge is 2.26. The second-order valence-electron chi connectivity index (χ2n) is 10.6. The van der Waals surface area contributed by atoms with Crippen LogP contribution in [0.25, 0.3) is 10.9 Å². The molecular weight excluding hydrogens is 401 g/mol. The first kappa shape index (κ1) is 21.0. The fourth-order valence-corrected chi connectivity index (χ4v) is 4.95. The van der Waals surface area contributed by atoms with E-state index in [1.165, 1.54) is 23.2 Å². The van der Waals surface area contributed by atoms with E-state index >= 15 is 0 Å². The average Bonchev–Trinajstić information content (AvgIpc) is 3.01. The molecule has 1 aromatic heterocycles.